The van der Waals surface area contributed by atoms with E-state index in [2.05, 4.69) is 0 Å². The Hall–Kier alpha value is -1.21. The standard InChI is InChI=1S/C16H26O6/c1-12(17)6-4-3-5-7-13-8-9-14(21-11-20-2)15(22-13)10-16(18)19/h5,7-9,12-15,17H,3-4,6,10-11H2,1-2H3,(H,18,19)/b7-5+/t12-,13-,14+,15-/m0/s1. The minimum Gasteiger partial charge on any atom is -0.481 e. The van der Waals surface area contributed by atoms with E-state index >= 15 is 0 Å². The van der Waals surface area contributed by atoms with Crippen molar-refractivity contribution >= 4 is 5.97 Å². The summed E-state index contributed by atoms with van der Waals surface area (Å²) in [5.41, 5.74) is 0. The Kier molecular flexibility index (Phi) is 9.00. The molecular formula is C16H26O6. The van der Waals surface area contributed by atoms with Crippen molar-refractivity contribution in [1.29, 1.82) is 0 Å². The quantitative estimate of drug-likeness (QED) is 0.364. The van der Waals surface area contributed by atoms with Gasteiger partial charge in [-0.15, -0.1) is 0 Å². The molecular weight excluding hydrogens is 288 g/mol. The number of aliphatic carboxylic acids is 1. The molecule has 0 radical (unpaired) electrons. The van der Waals surface area contributed by atoms with Crippen molar-refractivity contribution in [3.05, 3.63) is 24.3 Å². The highest BCUT2D eigenvalue weighted by Gasteiger charge is 2.29. The van der Waals surface area contributed by atoms with E-state index in [-0.39, 0.29) is 25.4 Å². The third kappa shape index (κ3) is 7.70. The Morgan fingerprint density at radius 3 is 2.86 bits per heavy atom. The highest BCUT2D eigenvalue weighted by atomic mass is 16.7. The van der Waals surface area contributed by atoms with E-state index in [1.165, 1.54) is 7.11 Å². The van der Waals surface area contributed by atoms with Crippen LogP contribution in [-0.4, -0.2) is 54.5 Å². The number of carboxylic acid groups (broad SMARTS) is 1. The smallest absolute Gasteiger partial charge is 0.306 e. The van der Waals surface area contributed by atoms with Gasteiger partial charge < -0.3 is 24.4 Å². The van der Waals surface area contributed by atoms with E-state index in [0.29, 0.717) is 0 Å². The number of ether oxygens (including phenoxy) is 3. The summed E-state index contributed by atoms with van der Waals surface area (Å²) < 4.78 is 16.0. The molecule has 0 aromatic heterocycles. The van der Waals surface area contributed by atoms with Gasteiger partial charge in [0.25, 0.3) is 0 Å². The van der Waals surface area contributed by atoms with Crippen LogP contribution >= 0.6 is 0 Å². The van der Waals surface area contributed by atoms with E-state index in [1.807, 2.05) is 24.3 Å². The number of carbonyl (C=O) groups is 1. The number of rotatable bonds is 10. The molecule has 0 amide bonds. The number of hydrogen-bond acceptors (Lipinski definition) is 5. The molecule has 0 aromatic rings. The van der Waals surface area contributed by atoms with Crippen molar-refractivity contribution in [1.82, 2.24) is 0 Å². The monoisotopic (exact) mass is 314 g/mol. The minimum atomic E-state index is -0.925. The van der Waals surface area contributed by atoms with Crippen LogP contribution in [0.25, 0.3) is 0 Å². The topological polar surface area (TPSA) is 85.2 Å². The average Bonchev–Trinajstić information content (AvgIpc) is 2.45. The van der Waals surface area contributed by atoms with Crippen LogP contribution in [0.1, 0.15) is 32.6 Å². The highest BCUT2D eigenvalue weighted by molar-refractivity contribution is 5.67. The maximum atomic E-state index is 10.9. The summed E-state index contributed by atoms with van der Waals surface area (Å²) in [7, 11) is 1.51. The zero-order valence-electron chi connectivity index (χ0n) is 13.2. The molecule has 1 heterocycles. The Balaban J connectivity index is 2.49. The van der Waals surface area contributed by atoms with Gasteiger partial charge in [-0.25, -0.2) is 0 Å². The molecule has 4 atom stereocenters. The summed E-state index contributed by atoms with van der Waals surface area (Å²) >= 11 is 0. The van der Waals surface area contributed by atoms with Gasteiger partial charge in [0.15, 0.2) is 0 Å². The summed E-state index contributed by atoms with van der Waals surface area (Å²) in [4.78, 5) is 10.9. The van der Waals surface area contributed by atoms with Gasteiger partial charge in [-0.2, -0.15) is 0 Å². The Morgan fingerprint density at radius 1 is 1.45 bits per heavy atom. The van der Waals surface area contributed by atoms with Crippen molar-refractivity contribution in [3.8, 4) is 0 Å². The van der Waals surface area contributed by atoms with Crippen LogP contribution in [0, 0.1) is 0 Å². The van der Waals surface area contributed by atoms with Crippen LogP contribution < -0.4 is 0 Å². The molecule has 1 aliphatic heterocycles. The van der Waals surface area contributed by atoms with Gasteiger partial charge in [-0.05, 0) is 26.2 Å². The molecule has 2 N–H and O–H groups in total. The van der Waals surface area contributed by atoms with E-state index in [9.17, 15) is 9.90 Å². The lowest BCUT2D eigenvalue weighted by atomic mass is 10.0. The summed E-state index contributed by atoms with van der Waals surface area (Å²) in [6, 6.07) is 0. The fourth-order valence-electron chi connectivity index (χ4n) is 2.18. The molecule has 1 rings (SSSR count). The Morgan fingerprint density at radius 2 is 2.23 bits per heavy atom. The van der Waals surface area contributed by atoms with Gasteiger partial charge in [0.2, 0.25) is 0 Å². The van der Waals surface area contributed by atoms with Gasteiger partial charge in [0.1, 0.15) is 12.9 Å². The first-order valence-corrected chi connectivity index (χ1v) is 7.53. The van der Waals surface area contributed by atoms with Crippen molar-refractivity contribution in [2.75, 3.05) is 13.9 Å². The highest BCUT2D eigenvalue weighted by Crippen LogP contribution is 2.20. The number of methoxy groups -OCH3 is 1. The fraction of sp³-hybridized carbons (Fsp3) is 0.688. The summed E-state index contributed by atoms with van der Waals surface area (Å²) in [6.45, 7) is 1.86. The molecule has 0 aliphatic carbocycles. The second-order valence-electron chi connectivity index (χ2n) is 5.37. The lowest BCUT2D eigenvalue weighted by Gasteiger charge is -2.30. The molecule has 0 aromatic carbocycles. The molecule has 22 heavy (non-hydrogen) atoms. The molecule has 6 nitrogen and oxygen atoms in total. The van der Waals surface area contributed by atoms with E-state index in [0.717, 1.165) is 19.3 Å². The second kappa shape index (κ2) is 10.5. The molecule has 6 heteroatoms. The molecule has 0 bridgehead atoms. The number of unbranched alkanes of at least 4 members (excludes halogenated alkanes) is 1. The van der Waals surface area contributed by atoms with Crippen molar-refractivity contribution < 1.29 is 29.2 Å². The van der Waals surface area contributed by atoms with E-state index < -0.39 is 18.2 Å². The molecule has 1 aliphatic rings. The van der Waals surface area contributed by atoms with Gasteiger partial charge in [-0.3, -0.25) is 4.79 Å². The van der Waals surface area contributed by atoms with Crippen LogP contribution in [0.2, 0.25) is 0 Å². The number of aliphatic hydroxyl groups is 1. The average molecular weight is 314 g/mol. The van der Waals surface area contributed by atoms with Crippen LogP contribution in [-0.2, 0) is 19.0 Å². The maximum Gasteiger partial charge on any atom is 0.306 e. The van der Waals surface area contributed by atoms with Crippen LogP contribution in [0.15, 0.2) is 24.3 Å². The second-order valence-corrected chi connectivity index (χ2v) is 5.37. The predicted octanol–water partition coefficient (Wildman–Crippen LogP) is 1.88. The SMILES string of the molecule is COCO[C@@H]1C=C[C@H](/C=C/CCC[C@H](C)O)O[C@H]1CC(=O)O. The van der Waals surface area contributed by atoms with Gasteiger partial charge in [-0.1, -0.05) is 24.3 Å². The van der Waals surface area contributed by atoms with Gasteiger partial charge in [0, 0.05) is 7.11 Å². The lowest BCUT2D eigenvalue weighted by molar-refractivity contribution is -0.151. The van der Waals surface area contributed by atoms with Gasteiger partial charge in [0.05, 0.1) is 24.7 Å². The third-order valence-corrected chi connectivity index (χ3v) is 3.26. The first-order valence-electron chi connectivity index (χ1n) is 7.53. The van der Waals surface area contributed by atoms with Gasteiger partial charge >= 0.3 is 5.97 Å². The molecule has 126 valence electrons. The minimum absolute atomic E-state index is 0.0916. The number of allylic oxidation sites excluding steroid dienone is 1. The first kappa shape index (κ1) is 18.8. The largest absolute Gasteiger partial charge is 0.481 e. The summed E-state index contributed by atoms with van der Waals surface area (Å²) in [5.74, 6) is -0.925. The zero-order chi connectivity index (χ0) is 16.4. The maximum absolute atomic E-state index is 10.9. The lowest BCUT2D eigenvalue weighted by Crippen LogP contribution is -2.38. The van der Waals surface area contributed by atoms with Crippen LogP contribution in [0.4, 0.5) is 0 Å². The van der Waals surface area contributed by atoms with Crippen molar-refractivity contribution in [3.63, 3.8) is 0 Å². The molecule has 0 saturated heterocycles. The number of carboxylic acids is 1. The molecule has 0 fully saturated rings. The summed E-state index contributed by atoms with van der Waals surface area (Å²) in [5, 5.41) is 18.1. The number of aliphatic hydroxyl groups excluding tert-OH is 1. The Bertz CT molecular complexity index is 377. The first-order chi connectivity index (χ1) is 10.5. The zero-order valence-corrected chi connectivity index (χ0v) is 13.2. The number of hydrogen-bond donors (Lipinski definition) is 2. The fourth-order valence-corrected chi connectivity index (χ4v) is 2.18. The normalized spacial score (nSPS) is 26.4. The predicted molar refractivity (Wildman–Crippen MR) is 81.5 cm³/mol. The third-order valence-electron chi connectivity index (χ3n) is 3.26. The molecule has 0 saturated carbocycles. The van der Waals surface area contributed by atoms with Crippen LogP contribution in [0.3, 0.4) is 0 Å². The summed E-state index contributed by atoms with van der Waals surface area (Å²) in [6.07, 6.45) is 8.48. The van der Waals surface area contributed by atoms with Crippen LogP contribution in [0.5, 0.6) is 0 Å². The Labute approximate surface area is 131 Å². The van der Waals surface area contributed by atoms with Crippen molar-refractivity contribution in [2.45, 2.75) is 57.0 Å². The van der Waals surface area contributed by atoms with E-state index in [1.54, 1.807) is 6.92 Å². The van der Waals surface area contributed by atoms with Crippen molar-refractivity contribution in [2.24, 2.45) is 0 Å². The molecule has 0 spiro atoms. The molecule has 0 unspecified atom stereocenters. The van der Waals surface area contributed by atoms with E-state index in [4.69, 9.17) is 19.3 Å².